The lowest BCUT2D eigenvalue weighted by atomic mass is 9.99. The second-order valence-corrected chi connectivity index (χ2v) is 7.21. The predicted molar refractivity (Wildman–Crippen MR) is 106 cm³/mol. The van der Waals surface area contributed by atoms with Crippen molar-refractivity contribution in [3.05, 3.63) is 48.0 Å². The Morgan fingerprint density at radius 2 is 2.11 bits per heavy atom. The molecule has 3 heterocycles. The first-order chi connectivity index (χ1) is 13.3. The summed E-state index contributed by atoms with van der Waals surface area (Å²) in [4.78, 5) is 4.85. The molecule has 0 spiro atoms. The van der Waals surface area contributed by atoms with E-state index in [0.717, 1.165) is 57.0 Å². The average Bonchev–Trinajstić information content (AvgIpc) is 3.40. The topological polar surface area (TPSA) is 56.9 Å². The van der Waals surface area contributed by atoms with Crippen molar-refractivity contribution in [3.63, 3.8) is 0 Å². The highest BCUT2D eigenvalue weighted by molar-refractivity contribution is 5.75. The van der Waals surface area contributed by atoms with Crippen LogP contribution in [0.3, 0.4) is 0 Å². The van der Waals surface area contributed by atoms with E-state index in [4.69, 9.17) is 9.72 Å². The monoisotopic (exact) mass is 367 g/mol. The predicted octanol–water partition coefficient (Wildman–Crippen LogP) is 3.53. The fraction of sp³-hybridized carbons (Fsp3) is 0.524. The molecular formula is C21H29N5O. The molecule has 0 radical (unpaired) electrons. The molecule has 4 rings (SSSR count). The number of fused-ring (bicyclic) bond motifs is 1. The molecule has 1 fully saturated rings. The van der Waals surface area contributed by atoms with E-state index < -0.39 is 0 Å². The van der Waals surface area contributed by atoms with Crippen LogP contribution in [0.25, 0.3) is 11.0 Å². The quantitative estimate of drug-likeness (QED) is 0.662. The van der Waals surface area contributed by atoms with E-state index >= 15 is 0 Å². The van der Waals surface area contributed by atoms with Gasteiger partial charge in [-0.15, -0.1) is 0 Å². The average molecular weight is 367 g/mol. The van der Waals surface area contributed by atoms with Gasteiger partial charge in [0.05, 0.1) is 23.3 Å². The molecule has 27 heavy (non-hydrogen) atoms. The van der Waals surface area contributed by atoms with Crippen LogP contribution >= 0.6 is 0 Å². The maximum atomic E-state index is 6.04. The molecule has 144 valence electrons. The molecule has 1 saturated heterocycles. The fourth-order valence-corrected chi connectivity index (χ4v) is 4.12. The Morgan fingerprint density at radius 1 is 1.22 bits per heavy atom. The minimum atomic E-state index is 0.134. The largest absolute Gasteiger partial charge is 0.372 e. The second-order valence-electron chi connectivity index (χ2n) is 7.21. The number of para-hydroxylation sites is 2. The first kappa shape index (κ1) is 18.2. The molecule has 1 N–H and O–H groups in total. The van der Waals surface area contributed by atoms with Crippen LogP contribution in [0.1, 0.15) is 44.3 Å². The maximum Gasteiger partial charge on any atom is 0.123 e. The number of hydrogen-bond acceptors (Lipinski definition) is 4. The van der Waals surface area contributed by atoms with E-state index in [1.54, 1.807) is 0 Å². The van der Waals surface area contributed by atoms with Gasteiger partial charge in [0.15, 0.2) is 0 Å². The van der Waals surface area contributed by atoms with Crippen molar-refractivity contribution >= 4 is 11.0 Å². The number of benzene rings is 1. The molecule has 0 aliphatic carbocycles. The highest BCUT2D eigenvalue weighted by atomic mass is 16.5. The van der Waals surface area contributed by atoms with Crippen molar-refractivity contribution in [1.82, 2.24) is 24.6 Å². The summed E-state index contributed by atoms with van der Waals surface area (Å²) < 4.78 is 10.4. The Hall–Kier alpha value is -2.18. The van der Waals surface area contributed by atoms with Crippen LogP contribution in [0.4, 0.5) is 0 Å². The zero-order chi connectivity index (χ0) is 18.6. The fourth-order valence-electron chi connectivity index (χ4n) is 4.12. The van der Waals surface area contributed by atoms with Gasteiger partial charge in [0, 0.05) is 38.4 Å². The van der Waals surface area contributed by atoms with E-state index in [2.05, 4.69) is 59.2 Å². The van der Waals surface area contributed by atoms with Gasteiger partial charge in [-0.1, -0.05) is 19.1 Å². The molecule has 6 nitrogen and oxygen atoms in total. The molecule has 0 bridgehead atoms. The summed E-state index contributed by atoms with van der Waals surface area (Å²) in [6, 6.07) is 10.5. The van der Waals surface area contributed by atoms with Crippen LogP contribution in [0.2, 0.25) is 0 Å². The van der Waals surface area contributed by atoms with Gasteiger partial charge in [0.25, 0.3) is 0 Å². The summed E-state index contributed by atoms with van der Waals surface area (Å²) in [6.45, 7) is 8.74. The highest BCUT2D eigenvalue weighted by Crippen LogP contribution is 2.34. The molecule has 6 heteroatoms. The number of ether oxygens (including phenoxy) is 1. The Balaban J connectivity index is 1.44. The van der Waals surface area contributed by atoms with E-state index in [1.165, 1.54) is 11.2 Å². The van der Waals surface area contributed by atoms with E-state index in [1.807, 2.05) is 10.9 Å². The lowest BCUT2D eigenvalue weighted by molar-refractivity contribution is 0.0829. The summed E-state index contributed by atoms with van der Waals surface area (Å²) in [5.74, 6) is 1.59. The SMILES string of the molecule is CCCn1c(CNC[C@@H]2CCO[C@H]2c2ccnn2CC)nc2ccccc21. The van der Waals surface area contributed by atoms with E-state index in [-0.39, 0.29) is 6.10 Å². The van der Waals surface area contributed by atoms with Crippen molar-refractivity contribution in [2.45, 2.75) is 52.4 Å². The lowest BCUT2D eigenvalue weighted by Gasteiger charge is -2.20. The van der Waals surface area contributed by atoms with E-state index in [9.17, 15) is 0 Å². The molecule has 1 aliphatic heterocycles. The summed E-state index contributed by atoms with van der Waals surface area (Å²) in [7, 11) is 0. The summed E-state index contributed by atoms with van der Waals surface area (Å²) in [5, 5.41) is 8.04. The van der Waals surface area contributed by atoms with Gasteiger partial charge < -0.3 is 14.6 Å². The van der Waals surface area contributed by atoms with Crippen LogP contribution in [0.5, 0.6) is 0 Å². The van der Waals surface area contributed by atoms with Crippen LogP contribution in [0, 0.1) is 5.92 Å². The van der Waals surface area contributed by atoms with Crippen LogP contribution in [-0.4, -0.2) is 32.5 Å². The molecule has 0 amide bonds. The summed E-state index contributed by atoms with van der Waals surface area (Å²) in [5.41, 5.74) is 3.50. The van der Waals surface area contributed by atoms with Gasteiger partial charge in [0.1, 0.15) is 11.9 Å². The standard InChI is InChI=1S/C21H29N5O/c1-3-12-25-18-8-6-5-7-17(18)24-20(25)15-22-14-16-10-13-27-21(16)19-9-11-23-26(19)4-2/h5-9,11,16,21-22H,3-4,10,12-15H2,1-2H3/t16-,21+/m0/s1. The molecule has 0 saturated carbocycles. The normalized spacial score (nSPS) is 19.9. The molecular weight excluding hydrogens is 338 g/mol. The van der Waals surface area contributed by atoms with Crippen LogP contribution in [-0.2, 0) is 24.4 Å². The second kappa shape index (κ2) is 8.23. The lowest BCUT2D eigenvalue weighted by Crippen LogP contribution is -2.27. The number of nitrogens with zero attached hydrogens (tertiary/aromatic N) is 4. The zero-order valence-corrected chi connectivity index (χ0v) is 16.3. The first-order valence-electron chi connectivity index (χ1n) is 10.1. The Bertz CT molecular complexity index is 884. The third-order valence-electron chi connectivity index (χ3n) is 5.43. The molecule has 3 aromatic rings. The first-order valence-corrected chi connectivity index (χ1v) is 10.1. The summed E-state index contributed by atoms with van der Waals surface area (Å²) in [6.07, 6.45) is 4.19. The third kappa shape index (κ3) is 3.64. The van der Waals surface area contributed by atoms with Gasteiger partial charge >= 0.3 is 0 Å². The van der Waals surface area contributed by atoms with Crippen LogP contribution in [0.15, 0.2) is 36.5 Å². The Labute approximate surface area is 160 Å². The molecule has 2 atom stereocenters. The van der Waals surface area contributed by atoms with Crippen LogP contribution < -0.4 is 5.32 Å². The minimum absolute atomic E-state index is 0.134. The zero-order valence-electron chi connectivity index (χ0n) is 16.3. The number of aryl methyl sites for hydroxylation is 2. The Kier molecular flexibility index (Phi) is 5.55. The Morgan fingerprint density at radius 3 is 2.96 bits per heavy atom. The number of aromatic nitrogens is 4. The van der Waals surface area contributed by atoms with E-state index in [0.29, 0.717) is 5.92 Å². The smallest absolute Gasteiger partial charge is 0.123 e. The van der Waals surface area contributed by atoms with Gasteiger partial charge in [0.2, 0.25) is 0 Å². The summed E-state index contributed by atoms with van der Waals surface area (Å²) >= 11 is 0. The number of hydrogen-bond donors (Lipinski definition) is 1. The van der Waals surface area contributed by atoms with Gasteiger partial charge in [-0.25, -0.2) is 4.98 Å². The number of rotatable bonds is 8. The minimum Gasteiger partial charge on any atom is -0.372 e. The van der Waals surface area contributed by atoms with Gasteiger partial charge in [-0.2, -0.15) is 5.10 Å². The molecule has 1 aromatic carbocycles. The van der Waals surface area contributed by atoms with Gasteiger partial charge in [-0.3, -0.25) is 4.68 Å². The molecule has 0 unspecified atom stereocenters. The number of imidazole rings is 1. The van der Waals surface area contributed by atoms with Gasteiger partial charge in [-0.05, 0) is 38.0 Å². The number of nitrogens with one attached hydrogen (secondary N) is 1. The van der Waals surface area contributed by atoms with Crippen molar-refractivity contribution in [1.29, 1.82) is 0 Å². The highest BCUT2D eigenvalue weighted by Gasteiger charge is 2.31. The van der Waals surface area contributed by atoms with Crippen molar-refractivity contribution in [3.8, 4) is 0 Å². The van der Waals surface area contributed by atoms with Crippen molar-refractivity contribution < 1.29 is 4.74 Å². The molecule has 1 aliphatic rings. The maximum absolute atomic E-state index is 6.04. The van der Waals surface area contributed by atoms with Crippen molar-refractivity contribution in [2.24, 2.45) is 5.92 Å². The molecule has 2 aromatic heterocycles. The van der Waals surface area contributed by atoms with Crippen molar-refractivity contribution in [2.75, 3.05) is 13.2 Å². The third-order valence-corrected chi connectivity index (χ3v) is 5.43.